The number of anilines is 1. The van der Waals surface area contributed by atoms with Gasteiger partial charge in [0.2, 0.25) is 11.6 Å². The Morgan fingerprint density at radius 2 is 2.14 bits per heavy atom. The monoisotopic (exact) mass is 316 g/mol. The first-order valence-electron chi connectivity index (χ1n) is 7.14. The number of hydrazone groups is 1. The molecule has 0 saturated carbocycles. The molecule has 22 heavy (non-hydrogen) atoms. The molecule has 1 aromatic heterocycles. The highest BCUT2D eigenvalue weighted by molar-refractivity contribution is 6.33. The van der Waals surface area contributed by atoms with Gasteiger partial charge in [0, 0.05) is 16.5 Å². The van der Waals surface area contributed by atoms with Gasteiger partial charge in [-0.15, -0.1) is 0 Å². The van der Waals surface area contributed by atoms with Crippen LogP contribution in [0.25, 0.3) is 0 Å². The Kier molecular flexibility index (Phi) is 5.56. The molecule has 0 bridgehead atoms. The molecule has 0 radical (unpaired) electrons. The Morgan fingerprint density at radius 1 is 1.41 bits per heavy atom. The van der Waals surface area contributed by atoms with Crippen LogP contribution in [-0.2, 0) is 0 Å². The lowest BCUT2D eigenvalue weighted by atomic mass is 10.0. The molecule has 0 unspecified atom stereocenters. The van der Waals surface area contributed by atoms with Crippen molar-refractivity contribution in [2.24, 2.45) is 5.10 Å². The Morgan fingerprint density at radius 3 is 2.77 bits per heavy atom. The van der Waals surface area contributed by atoms with E-state index in [1.807, 2.05) is 24.3 Å². The van der Waals surface area contributed by atoms with Gasteiger partial charge in [-0.05, 0) is 18.9 Å². The summed E-state index contributed by atoms with van der Waals surface area (Å²) in [5, 5.41) is 13.8. The number of nitrogens with one attached hydrogen (secondary N) is 1. The second-order valence-corrected chi connectivity index (χ2v) is 5.15. The predicted octanol–water partition coefficient (Wildman–Crippen LogP) is 4.55. The molecule has 114 valence electrons. The smallest absolute Gasteiger partial charge is 0.252 e. The highest BCUT2D eigenvalue weighted by atomic mass is 35.5. The number of halogens is 1. The van der Waals surface area contributed by atoms with Crippen molar-refractivity contribution < 1.29 is 4.42 Å². The first-order valence-corrected chi connectivity index (χ1v) is 7.51. The van der Waals surface area contributed by atoms with Crippen molar-refractivity contribution in [2.45, 2.75) is 32.6 Å². The third-order valence-corrected chi connectivity index (χ3v) is 3.70. The van der Waals surface area contributed by atoms with Gasteiger partial charge in [-0.25, -0.2) is 10.4 Å². The second-order valence-electron chi connectivity index (χ2n) is 4.75. The Hall–Kier alpha value is -2.32. The number of nitrogens with zero attached hydrogens (tertiary/aromatic N) is 3. The Labute approximate surface area is 134 Å². The third-order valence-electron chi connectivity index (χ3n) is 3.36. The molecule has 2 aromatic rings. The van der Waals surface area contributed by atoms with Crippen molar-refractivity contribution in [3.8, 4) is 6.07 Å². The van der Waals surface area contributed by atoms with E-state index in [9.17, 15) is 0 Å². The standard InChI is InChI=1S/C16H17ClN4O/c1-3-11(4-2)15-20-14(9-18)16(22-15)21-19-10-12-7-5-6-8-13(12)17/h5-8,10-11,21H,3-4H2,1-2H3. The number of benzene rings is 1. The molecule has 0 amide bonds. The van der Waals surface area contributed by atoms with E-state index in [-0.39, 0.29) is 17.5 Å². The summed E-state index contributed by atoms with van der Waals surface area (Å²) in [6.07, 6.45) is 3.39. The molecule has 0 fully saturated rings. The van der Waals surface area contributed by atoms with Crippen LogP contribution in [0.1, 0.15) is 49.8 Å². The molecule has 1 heterocycles. The molecule has 0 aliphatic heterocycles. The van der Waals surface area contributed by atoms with Gasteiger partial charge in [0.1, 0.15) is 6.07 Å². The molecule has 1 aromatic carbocycles. The zero-order chi connectivity index (χ0) is 15.9. The normalized spacial score (nSPS) is 11.0. The summed E-state index contributed by atoms with van der Waals surface area (Å²) in [5.74, 6) is 1.03. The van der Waals surface area contributed by atoms with Crippen LogP contribution in [0.2, 0.25) is 5.02 Å². The number of oxazole rings is 1. The quantitative estimate of drug-likeness (QED) is 0.626. The van der Waals surface area contributed by atoms with Crippen molar-refractivity contribution in [1.82, 2.24) is 4.98 Å². The average Bonchev–Trinajstić information content (AvgIpc) is 2.93. The average molecular weight is 317 g/mol. The van der Waals surface area contributed by atoms with E-state index in [0.717, 1.165) is 18.4 Å². The minimum absolute atomic E-state index is 0.204. The summed E-state index contributed by atoms with van der Waals surface area (Å²) in [4.78, 5) is 4.22. The minimum atomic E-state index is 0.204. The molecule has 0 saturated heterocycles. The molecule has 5 nitrogen and oxygen atoms in total. The highest BCUT2D eigenvalue weighted by Crippen LogP contribution is 2.27. The van der Waals surface area contributed by atoms with Crippen LogP contribution in [0.4, 0.5) is 5.88 Å². The molecular formula is C16H17ClN4O. The van der Waals surface area contributed by atoms with E-state index < -0.39 is 0 Å². The minimum Gasteiger partial charge on any atom is -0.422 e. The van der Waals surface area contributed by atoms with E-state index in [4.69, 9.17) is 21.3 Å². The van der Waals surface area contributed by atoms with Gasteiger partial charge < -0.3 is 4.42 Å². The fourth-order valence-corrected chi connectivity index (χ4v) is 2.23. The molecule has 6 heteroatoms. The van der Waals surface area contributed by atoms with Crippen molar-refractivity contribution >= 4 is 23.7 Å². The predicted molar refractivity (Wildman–Crippen MR) is 87.2 cm³/mol. The van der Waals surface area contributed by atoms with Gasteiger partial charge in [-0.3, -0.25) is 0 Å². The lowest BCUT2D eigenvalue weighted by Gasteiger charge is -2.05. The maximum absolute atomic E-state index is 9.13. The van der Waals surface area contributed by atoms with Crippen LogP contribution < -0.4 is 5.43 Å². The fraction of sp³-hybridized carbons (Fsp3) is 0.312. The fourth-order valence-electron chi connectivity index (χ4n) is 2.04. The van der Waals surface area contributed by atoms with Crippen LogP contribution in [-0.4, -0.2) is 11.2 Å². The van der Waals surface area contributed by atoms with Crippen LogP contribution in [0, 0.1) is 11.3 Å². The van der Waals surface area contributed by atoms with Crippen molar-refractivity contribution in [3.05, 3.63) is 46.4 Å². The topological polar surface area (TPSA) is 74.2 Å². The second kappa shape index (κ2) is 7.62. The van der Waals surface area contributed by atoms with E-state index >= 15 is 0 Å². The van der Waals surface area contributed by atoms with Gasteiger partial charge in [0.15, 0.2) is 0 Å². The van der Waals surface area contributed by atoms with Crippen LogP contribution >= 0.6 is 11.6 Å². The molecular weight excluding hydrogens is 300 g/mol. The Balaban J connectivity index is 2.16. The number of hydrogen-bond acceptors (Lipinski definition) is 5. The van der Waals surface area contributed by atoms with Crippen molar-refractivity contribution in [1.29, 1.82) is 5.26 Å². The van der Waals surface area contributed by atoms with E-state index in [1.54, 1.807) is 12.3 Å². The summed E-state index contributed by atoms with van der Waals surface area (Å²) >= 11 is 6.04. The van der Waals surface area contributed by atoms with Crippen LogP contribution in [0.5, 0.6) is 0 Å². The zero-order valence-corrected chi connectivity index (χ0v) is 13.3. The molecule has 0 atom stereocenters. The summed E-state index contributed by atoms with van der Waals surface area (Å²) in [6, 6.07) is 9.35. The number of aromatic nitrogens is 1. The SMILES string of the molecule is CCC(CC)c1nc(C#N)c(NN=Cc2ccccc2Cl)o1. The number of rotatable bonds is 6. The first kappa shape index (κ1) is 16.1. The zero-order valence-electron chi connectivity index (χ0n) is 12.5. The van der Waals surface area contributed by atoms with Gasteiger partial charge in [0.05, 0.1) is 6.21 Å². The summed E-state index contributed by atoms with van der Waals surface area (Å²) in [5.41, 5.74) is 3.70. The van der Waals surface area contributed by atoms with E-state index in [0.29, 0.717) is 10.9 Å². The highest BCUT2D eigenvalue weighted by Gasteiger charge is 2.18. The summed E-state index contributed by atoms with van der Waals surface area (Å²) < 4.78 is 5.63. The van der Waals surface area contributed by atoms with E-state index in [2.05, 4.69) is 29.4 Å². The summed E-state index contributed by atoms with van der Waals surface area (Å²) in [6.45, 7) is 4.13. The molecule has 0 aliphatic carbocycles. The number of nitriles is 1. The molecule has 0 aliphatic rings. The summed E-state index contributed by atoms with van der Waals surface area (Å²) in [7, 11) is 0. The largest absolute Gasteiger partial charge is 0.422 e. The molecule has 2 rings (SSSR count). The van der Waals surface area contributed by atoms with Crippen molar-refractivity contribution in [3.63, 3.8) is 0 Å². The lowest BCUT2D eigenvalue weighted by molar-refractivity contribution is 0.439. The number of hydrogen-bond donors (Lipinski definition) is 1. The molecule has 0 spiro atoms. The van der Waals surface area contributed by atoms with Crippen LogP contribution in [0.15, 0.2) is 33.8 Å². The van der Waals surface area contributed by atoms with Gasteiger partial charge in [-0.1, -0.05) is 43.6 Å². The first-order chi connectivity index (χ1) is 10.7. The van der Waals surface area contributed by atoms with Crippen LogP contribution in [0.3, 0.4) is 0 Å². The van der Waals surface area contributed by atoms with E-state index in [1.165, 1.54) is 0 Å². The lowest BCUT2D eigenvalue weighted by Crippen LogP contribution is -1.95. The Bertz CT molecular complexity index is 698. The maximum atomic E-state index is 9.13. The van der Waals surface area contributed by atoms with Gasteiger partial charge >= 0.3 is 0 Å². The maximum Gasteiger partial charge on any atom is 0.252 e. The van der Waals surface area contributed by atoms with Gasteiger partial charge in [0.25, 0.3) is 5.88 Å². The molecule has 1 N–H and O–H groups in total. The van der Waals surface area contributed by atoms with Gasteiger partial charge in [-0.2, -0.15) is 10.4 Å². The third kappa shape index (κ3) is 3.66. The van der Waals surface area contributed by atoms with Crippen molar-refractivity contribution in [2.75, 3.05) is 5.43 Å².